The normalized spacial score (nSPS) is 20.8. The third-order valence-corrected chi connectivity index (χ3v) is 4.22. The number of likely N-dealkylation sites (tertiary alicyclic amines) is 1. The number of hydrogen-bond donors (Lipinski definition) is 1. The molecule has 2 atom stereocenters. The Morgan fingerprint density at radius 2 is 2.04 bits per heavy atom. The molecule has 0 unspecified atom stereocenters. The van der Waals surface area contributed by atoms with Crippen LogP contribution in [0, 0.1) is 11.6 Å². The van der Waals surface area contributed by atoms with Gasteiger partial charge >= 0.3 is 0 Å². The molecule has 24 heavy (non-hydrogen) atoms. The van der Waals surface area contributed by atoms with Gasteiger partial charge in [0.25, 0.3) is 5.91 Å². The molecule has 1 fully saturated rings. The van der Waals surface area contributed by atoms with Gasteiger partial charge in [0.15, 0.2) is 11.6 Å². The molecular weight excluding hydrogens is 316 g/mol. The van der Waals surface area contributed by atoms with E-state index < -0.39 is 23.8 Å². The summed E-state index contributed by atoms with van der Waals surface area (Å²) in [7, 11) is 0. The summed E-state index contributed by atoms with van der Waals surface area (Å²) in [5.74, 6) is -2.24. The van der Waals surface area contributed by atoms with E-state index in [9.17, 15) is 18.7 Å². The average molecular weight is 335 g/mol. The van der Waals surface area contributed by atoms with E-state index in [-0.39, 0.29) is 30.6 Å². The monoisotopic (exact) mass is 335 g/mol. The van der Waals surface area contributed by atoms with Gasteiger partial charge in [-0.15, -0.1) is 0 Å². The number of nitrogens with zero attached hydrogens (tertiary/aromatic N) is 3. The highest BCUT2D eigenvalue weighted by Gasteiger charge is 2.36. The van der Waals surface area contributed by atoms with Crippen molar-refractivity contribution >= 4 is 5.91 Å². The summed E-state index contributed by atoms with van der Waals surface area (Å²) in [4.78, 5) is 14.2. The number of hydrogen-bond acceptors (Lipinski definition) is 3. The van der Waals surface area contributed by atoms with Gasteiger partial charge in [-0.25, -0.2) is 8.78 Å². The number of halogens is 2. The maximum Gasteiger partial charge on any atom is 0.274 e. The number of carbonyl (C=O) groups is 1. The zero-order chi connectivity index (χ0) is 17.4. The maximum absolute atomic E-state index is 13.5. The predicted octanol–water partition coefficient (Wildman–Crippen LogP) is 2.69. The summed E-state index contributed by atoms with van der Waals surface area (Å²) in [5.41, 5.74) is 0.729. The second kappa shape index (κ2) is 6.32. The molecule has 1 aromatic heterocycles. The van der Waals surface area contributed by atoms with Crippen molar-refractivity contribution < 1.29 is 18.7 Å². The number of rotatable bonds is 3. The largest absolute Gasteiger partial charge is 0.391 e. The van der Waals surface area contributed by atoms with Crippen LogP contribution >= 0.6 is 0 Å². The van der Waals surface area contributed by atoms with Gasteiger partial charge in [-0.05, 0) is 44.0 Å². The van der Waals surface area contributed by atoms with Gasteiger partial charge in [-0.3, -0.25) is 9.48 Å². The molecule has 0 spiro atoms. The van der Waals surface area contributed by atoms with Crippen LogP contribution in [-0.2, 0) is 0 Å². The molecule has 1 N–H and O–H groups in total. The lowest BCUT2D eigenvalue weighted by Crippen LogP contribution is -2.32. The predicted molar refractivity (Wildman–Crippen MR) is 83.4 cm³/mol. The first kappa shape index (κ1) is 16.6. The first-order chi connectivity index (χ1) is 11.4. The van der Waals surface area contributed by atoms with Crippen molar-refractivity contribution in [2.75, 3.05) is 6.54 Å². The van der Waals surface area contributed by atoms with E-state index in [1.54, 1.807) is 16.9 Å². The van der Waals surface area contributed by atoms with Gasteiger partial charge in [0.2, 0.25) is 0 Å². The standard InChI is InChI=1S/C17H19F2N3O2/c1-10(2)22-6-5-15(20-22)17(24)21-9-12(23)8-16(21)11-3-4-13(18)14(19)7-11/h3-7,10,12,16,23H,8-9H2,1-2H3/t12-,16+/m1/s1. The Morgan fingerprint density at radius 3 is 2.67 bits per heavy atom. The fraction of sp³-hybridized carbons (Fsp3) is 0.412. The average Bonchev–Trinajstić information content (AvgIpc) is 3.16. The highest BCUT2D eigenvalue weighted by atomic mass is 19.2. The van der Waals surface area contributed by atoms with Crippen LogP contribution in [-0.4, -0.2) is 38.3 Å². The zero-order valence-corrected chi connectivity index (χ0v) is 13.5. The number of aliphatic hydroxyl groups is 1. The van der Waals surface area contributed by atoms with Crippen LogP contribution in [0.2, 0.25) is 0 Å². The Bertz CT molecular complexity index is 760. The summed E-state index contributed by atoms with van der Waals surface area (Å²) in [5, 5.41) is 14.2. The number of aliphatic hydroxyl groups excluding tert-OH is 1. The molecule has 1 amide bonds. The van der Waals surface area contributed by atoms with Crippen LogP contribution in [0.25, 0.3) is 0 Å². The van der Waals surface area contributed by atoms with E-state index in [0.717, 1.165) is 12.1 Å². The second-order valence-electron chi connectivity index (χ2n) is 6.31. The molecule has 0 saturated carbocycles. The van der Waals surface area contributed by atoms with Crippen molar-refractivity contribution in [1.29, 1.82) is 0 Å². The van der Waals surface area contributed by atoms with Gasteiger partial charge in [0.05, 0.1) is 12.1 Å². The maximum atomic E-state index is 13.5. The van der Waals surface area contributed by atoms with E-state index in [2.05, 4.69) is 5.10 Å². The molecule has 2 aromatic rings. The molecule has 7 heteroatoms. The van der Waals surface area contributed by atoms with Crippen molar-refractivity contribution in [3.63, 3.8) is 0 Å². The molecular formula is C17H19F2N3O2. The van der Waals surface area contributed by atoms with E-state index in [1.807, 2.05) is 13.8 Å². The highest BCUT2D eigenvalue weighted by molar-refractivity contribution is 5.92. The third-order valence-electron chi connectivity index (χ3n) is 4.22. The Balaban J connectivity index is 1.89. The summed E-state index contributed by atoms with van der Waals surface area (Å²) in [6, 6.07) is 4.78. The summed E-state index contributed by atoms with van der Waals surface area (Å²) in [6.45, 7) is 4.03. The topological polar surface area (TPSA) is 58.4 Å². The number of carbonyl (C=O) groups excluding carboxylic acids is 1. The lowest BCUT2D eigenvalue weighted by atomic mass is 10.0. The highest BCUT2D eigenvalue weighted by Crippen LogP contribution is 2.33. The Morgan fingerprint density at radius 1 is 1.29 bits per heavy atom. The lowest BCUT2D eigenvalue weighted by molar-refractivity contribution is 0.0708. The zero-order valence-electron chi connectivity index (χ0n) is 13.5. The van der Waals surface area contributed by atoms with Gasteiger partial charge in [0.1, 0.15) is 5.69 Å². The number of β-amino-alcohol motifs (C(OH)–C–C–N with tert-alkyl or cyclic N) is 1. The third kappa shape index (κ3) is 3.03. The minimum absolute atomic E-state index is 0.123. The molecule has 1 aliphatic rings. The molecule has 1 aliphatic heterocycles. The molecule has 3 rings (SSSR count). The molecule has 1 saturated heterocycles. The molecule has 0 bridgehead atoms. The molecule has 0 aliphatic carbocycles. The summed E-state index contributed by atoms with van der Waals surface area (Å²) in [6.07, 6.45) is 1.29. The SMILES string of the molecule is CC(C)n1ccc(C(=O)N2C[C@H](O)C[C@H]2c2ccc(F)c(F)c2)n1. The number of benzene rings is 1. The minimum Gasteiger partial charge on any atom is -0.391 e. The lowest BCUT2D eigenvalue weighted by Gasteiger charge is -2.24. The number of amides is 1. The molecule has 1 aromatic carbocycles. The number of aromatic nitrogens is 2. The van der Waals surface area contributed by atoms with Crippen LogP contribution in [0.15, 0.2) is 30.5 Å². The van der Waals surface area contributed by atoms with Gasteiger partial charge in [-0.2, -0.15) is 5.10 Å². The van der Waals surface area contributed by atoms with Gasteiger partial charge in [0, 0.05) is 18.8 Å². The van der Waals surface area contributed by atoms with Crippen LogP contribution in [0.4, 0.5) is 8.78 Å². The van der Waals surface area contributed by atoms with Crippen LogP contribution < -0.4 is 0 Å². The van der Waals surface area contributed by atoms with Crippen molar-refractivity contribution in [1.82, 2.24) is 14.7 Å². The fourth-order valence-corrected chi connectivity index (χ4v) is 2.96. The van der Waals surface area contributed by atoms with Crippen LogP contribution in [0.3, 0.4) is 0 Å². The summed E-state index contributed by atoms with van der Waals surface area (Å²) >= 11 is 0. The van der Waals surface area contributed by atoms with Crippen LogP contribution in [0.5, 0.6) is 0 Å². The Labute approximate surface area is 138 Å². The van der Waals surface area contributed by atoms with Crippen molar-refractivity contribution in [2.45, 2.75) is 38.5 Å². The Kier molecular flexibility index (Phi) is 4.36. The minimum atomic E-state index is -0.967. The fourth-order valence-electron chi connectivity index (χ4n) is 2.96. The van der Waals surface area contributed by atoms with Crippen molar-refractivity contribution in [3.05, 3.63) is 53.4 Å². The quantitative estimate of drug-likeness (QED) is 0.938. The molecule has 0 radical (unpaired) electrons. The molecule has 128 valence electrons. The molecule has 5 nitrogen and oxygen atoms in total. The van der Waals surface area contributed by atoms with E-state index in [0.29, 0.717) is 5.56 Å². The first-order valence-corrected chi connectivity index (χ1v) is 7.86. The smallest absolute Gasteiger partial charge is 0.274 e. The van der Waals surface area contributed by atoms with Gasteiger partial charge < -0.3 is 10.0 Å². The van der Waals surface area contributed by atoms with E-state index in [1.165, 1.54) is 11.0 Å². The first-order valence-electron chi connectivity index (χ1n) is 7.86. The second-order valence-corrected chi connectivity index (χ2v) is 6.31. The molecule has 2 heterocycles. The van der Waals surface area contributed by atoms with Gasteiger partial charge in [-0.1, -0.05) is 6.07 Å². The van der Waals surface area contributed by atoms with Crippen molar-refractivity contribution in [3.8, 4) is 0 Å². The Hall–Kier alpha value is -2.28. The summed E-state index contributed by atoms with van der Waals surface area (Å²) < 4.78 is 28.3. The van der Waals surface area contributed by atoms with E-state index >= 15 is 0 Å². The van der Waals surface area contributed by atoms with E-state index in [4.69, 9.17) is 0 Å². The van der Waals surface area contributed by atoms with Crippen LogP contribution in [0.1, 0.15) is 48.4 Å². The van der Waals surface area contributed by atoms with Crippen molar-refractivity contribution in [2.24, 2.45) is 0 Å².